The van der Waals surface area contributed by atoms with Crippen molar-refractivity contribution in [1.82, 2.24) is 4.98 Å². The van der Waals surface area contributed by atoms with Crippen LogP contribution in [0.1, 0.15) is 63.8 Å². The van der Waals surface area contributed by atoms with Crippen molar-refractivity contribution in [3.63, 3.8) is 0 Å². The molecule has 0 radical (unpaired) electrons. The fraction of sp³-hybridized carbons (Fsp3) is 0.667. The monoisotopic (exact) mass is 242 g/mol. The van der Waals surface area contributed by atoms with E-state index in [1.807, 2.05) is 20.8 Å². The van der Waals surface area contributed by atoms with E-state index in [1.54, 1.807) is 6.20 Å². The first-order valence-electron chi connectivity index (χ1n) is 5.80. The lowest BCUT2D eigenvalue weighted by atomic mass is 10.0. The fourth-order valence-corrected chi connectivity index (χ4v) is 1.91. The maximum absolute atomic E-state index is 11.9. The maximum atomic E-state index is 11.9. The van der Waals surface area contributed by atoms with Crippen molar-refractivity contribution >= 4 is 11.6 Å². The smallest absolute Gasteiger partial charge is 0.233 e. The van der Waals surface area contributed by atoms with Gasteiger partial charge in [0.25, 0.3) is 0 Å². The van der Waals surface area contributed by atoms with E-state index >= 15 is 0 Å². The van der Waals surface area contributed by atoms with Crippen LogP contribution in [0.3, 0.4) is 0 Å². The van der Waals surface area contributed by atoms with Crippen molar-refractivity contribution in [2.45, 2.75) is 52.4 Å². The van der Waals surface area contributed by atoms with Gasteiger partial charge in [-0.15, -0.1) is 0 Å². The molecule has 0 saturated heterocycles. The van der Waals surface area contributed by atoms with Gasteiger partial charge in [-0.3, -0.25) is 0 Å². The van der Waals surface area contributed by atoms with Gasteiger partial charge in [-0.05, 0) is 12.8 Å². The second-order valence-corrected chi connectivity index (χ2v) is 4.64. The average Bonchev–Trinajstić information content (AvgIpc) is 2.26. The van der Waals surface area contributed by atoms with Gasteiger partial charge in [0, 0.05) is 11.8 Å². The minimum absolute atomic E-state index is 0.142. The number of hydrogen-bond donors (Lipinski definition) is 0. The van der Waals surface area contributed by atoms with Crippen LogP contribution in [0.25, 0.3) is 0 Å². The molecule has 0 aliphatic carbocycles. The van der Waals surface area contributed by atoms with Gasteiger partial charge < -0.3 is 5.21 Å². The highest BCUT2D eigenvalue weighted by molar-refractivity contribution is 6.29. The number of aromatic nitrogens is 2. The molecule has 0 spiro atoms. The Bertz CT molecular complexity index is 345. The summed E-state index contributed by atoms with van der Waals surface area (Å²) in [6.07, 6.45) is 3.39. The van der Waals surface area contributed by atoms with Crippen LogP contribution in [-0.2, 0) is 0 Å². The van der Waals surface area contributed by atoms with Crippen LogP contribution in [0.15, 0.2) is 6.20 Å². The molecule has 1 heterocycles. The van der Waals surface area contributed by atoms with Gasteiger partial charge in [0.2, 0.25) is 11.9 Å². The number of nitrogens with zero attached hydrogens (tertiary/aromatic N) is 2. The molecule has 0 bridgehead atoms. The highest BCUT2D eigenvalue weighted by Crippen LogP contribution is 2.24. The number of halogens is 1. The van der Waals surface area contributed by atoms with Gasteiger partial charge in [-0.25, -0.2) is 4.98 Å². The van der Waals surface area contributed by atoms with Gasteiger partial charge in [0.15, 0.2) is 5.15 Å². The van der Waals surface area contributed by atoms with Crippen molar-refractivity contribution in [3.05, 3.63) is 27.9 Å². The minimum Gasteiger partial charge on any atom is -0.618 e. The van der Waals surface area contributed by atoms with E-state index in [0.717, 1.165) is 23.3 Å². The van der Waals surface area contributed by atoms with Crippen molar-refractivity contribution in [2.24, 2.45) is 0 Å². The molecular formula is C12H19ClN2O. The average molecular weight is 243 g/mol. The lowest BCUT2D eigenvalue weighted by molar-refractivity contribution is -0.616. The topological polar surface area (TPSA) is 39.8 Å². The standard InChI is InChI=1S/C12H19ClN2O/c1-5-8(3)10-7-15(16)11(9(4)6-2)12(13)14-10/h7-9H,5-6H2,1-4H3. The van der Waals surface area contributed by atoms with E-state index < -0.39 is 0 Å². The van der Waals surface area contributed by atoms with Crippen molar-refractivity contribution in [1.29, 1.82) is 0 Å². The highest BCUT2D eigenvalue weighted by Gasteiger charge is 2.22. The zero-order valence-electron chi connectivity index (χ0n) is 10.3. The molecular weight excluding hydrogens is 224 g/mol. The molecule has 1 aromatic heterocycles. The quantitative estimate of drug-likeness (QED) is 0.600. The predicted molar refractivity (Wildman–Crippen MR) is 65.6 cm³/mol. The SMILES string of the molecule is CCC(C)c1c[n+]([O-])c(C(C)CC)c(Cl)n1. The van der Waals surface area contributed by atoms with Crippen LogP contribution in [0.2, 0.25) is 5.15 Å². The van der Waals surface area contributed by atoms with Gasteiger partial charge in [-0.2, -0.15) is 4.73 Å². The summed E-state index contributed by atoms with van der Waals surface area (Å²) >= 11 is 6.08. The Hall–Kier alpha value is -0.830. The third-order valence-corrected chi connectivity index (χ3v) is 3.40. The predicted octanol–water partition coefficient (Wildman–Crippen LogP) is 3.40. The first-order valence-corrected chi connectivity index (χ1v) is 6.18. The van der Waals surface area contributed by atoms with Gasteiger partial charge in [0.05, 0.1) is 0 Å². The molecule has 3 nitrogen and oxygen atoms in total. The third kappa shape index (κ3) is 2.64. The Morgan fingerprint density at radius 3 is 2.31 bits per heavy atom. The molecule has 0 aliphatic heterocycles. The second-order valence-electron chi connectivity index (χ2n) is 4.29. The fourth-order valence-electron chi connectivity index (χ4n) is 1.54. The van der Waals surface area contributed by atoms with Crippen LogP contribution in [0, 0.1) is 5.21 Å². The largest absolute Gasteiger partial charge is 0.618 e. The molecule has 0 aromatic carbocycles. The highest BCUT2D eigenvalue weighted by atomic mass is 35.5. The van der Waals surface area contributed by atoms with Crippen molar-refractivity contribution in [3.8, 4) is 0 Å². The van der Waals surface area contributed by atoms with E-state index in [4.69, 9.17) is 11.6 Å². The molecule has 0 N–H and O–H groups in total. The van der Waals surface area contributed by atoms with Crippen LogP contribution in [0.5, 0.6) is 0 Å². The Labute approximate surface area is 102 Å². The Morgan fingerprint density at radius 2 is 1.88 bits per heavy atom. The molecule has 2 atom stereocenters. The van der Waals surface area contributed by atoms with E-state index in [0.29, 0.717) is 10.8 Å². The Balaban J connectivity index is 3.17. The molecule has 90 valence electrons. The summed E-state index contributed by atoms with van der Waals surface area (Å²) in [6.45, 7) is 8.13. The first kappa shape index (κ1) is 13.2. The summed E-state index contributed by atoms with van der Waals surface area (Å²) in [7, 11) is 0. The molecule has 0 saturated carbocycles. The van der Waals surface area contributed by atoms with E-state index in [2.05, 4.69) is 11.9 Å². The first-order chi connectivity index (χ1) is 7.51. The van der Waals surface area contributed by atoms with Crippen LogP contribution >= 0.6 is 11.6 Å². The normalized spacial score (nSPS) is 14.8. The van der Waals surface area contributed by atoms with Crippen molar-refractivity contribution in [2.75, 3.05) is 0 Å². The van der Waals surface area contributed by atoms with Crippen molar-refractivity contribution < 1.29 is 4.73 Å². The van der Waals surface area contributed by atoms with E-state index in [1.165, 1.54) is 0 Å². The van der Waals surface area contributed by atoms with Gasteiger partial charge in [-0.1, -0.05) is 39.3 Å². The van der Waals surface area contributed by atoms with E-state index in [-0.39, 0.29) is 11.8 Å². The minimum atomic E-state index is 0.142. The summed E-state index contributed by atoms with van der Waals surface area (Å²) < 4.78 is 0.880. The van der Waals surface area contributed by atoms with Crippen LogP contribution in [0.4, 0.5) is 0 Å². The molecule has 1 aromatic rings. The van der Waals surface area contributed by atoms with Gasteiger partial charge in [0.1, 0.15) is 5.69 Å². The lowest BCUT2D eigenvalue weighted by Gasteiger charge is -2.14. The summed E-state index contributed by atoms with van der Waals surface area (Å²) in [5.74, 6) is 0.409. The maximum Gasteiger partial charge on any atom is 0.233 e. The third-order valence-electron chi connectivity index (χ3n) is 3.12. The lowest BCUT2D eigenvalue weighted by Crippen LogP contribution is -2.35. The molecule has 0 amide bonds. The van der Waals surface area contributed by atoms with Gasteiger partial charge >= 0.3 is 0 Å². The summed E-state index contributed by atoms with van der Waals surface area (Å²) in [4.78, 5) is 4.32. The zero-order chi connectivity index (χ0) is 12.3. The van der Waals surface area contributed by atoms with Crippen LogP contribution in [-0.4, -0.2) is 4.98 Å². The summed E-state index contributed by atoms with van der Waals surface area (Å²) in [6, 6.07) is 0. The van der Waals surface area contributed by atoms with E-state index in [9.17, 15) is 5.21 Å². The number of rotatable bonds is 4. The molecule has 1 rings (SSSR count). The Kier molecular flexibility index (Phi) is 4.54. The molecule has 0 aliphatic rings. The molecule has 4 heteroatoms. The molecule has 16 heavy (non-hydrogen) atoms. The second kappa shape index (κ2) is 5.48. The molecule has 2 unspecified atom stereocenters. The zero-order valence-corrected chi connectivity index (χ0v) is 11.1. The Morgan fingerprint density at radius 1 is 1.31 bits per heavy atom. The number of hydrogen-bond acceptors (Lipinski definition) is 2. The molecule has 0 fully saturated rings. The summed E-state index contributed by atoms with van der Waals surface area (Å²) in [5.41, 5.74) is 1.35. The van der Waals surface area contributed by atoms with Crippen LogP contribution < -0.4 is 4.73 Å². The summed E-state index contributed by atoms with van der Waals surface area (Å²) in [5, 5.41) is 12.2.